The summed E-state index contributed by atoms with van der Waals surface area (Å²) < 4.78 is 0. The maximum Gasteiger partial charge on any atom is 0.114 e. The number of hydrogen-bond donors (Lipinski definition) is 0. The largest absolute Gasteiger partial charge is 0.114 e. The summed E-state index contributed by atoms with van der Waals surface area (Å²) in [5, 5.41) is 0. The van der Waals surface area contributed by atoms with E-state index in [0.717, 1.165) is 12.7 Å². The molecule has 1 radical (unpaired) electrons. The van der Waals surface area contributed by atoms with Crippen molar-refractivity contribution in [1.29, 1.82) is 0 Å². The fourth-order valence-corrected chi connectivity index (χ4v) is 0.642. The molecule has 0 saturated carbocycles. The highest BCUT2D eigenvalue weighted by Crippen LogP contribution is 1.97. The lowest BCUT2D eigenvalue weighted by Crippen LogP contribution is -1.84. The van der Waals surface area contributed by atoms with E-state index in [1.165, 1.54) is 12.7 Å². The van der Waals surface area contributed by atoms with E-state index in [9.17, 15) is 0 Å². The average molecular weight is 121 g/mol. The van der Waals surface area contributed by atoms with Crippen LogP contribution in [0, 0.1) is 0 Å². The summed E-state index contributed by atoms with van der Waals surface area (Å²) in [6.45, 7) is 7.27. The van der Waals surface area contributed by atoms with Crippen molar-refractivity contribution < 1.29 is 0 Å². The fourth-order valence-electron chi connectivity index (χ4n) is 0.642. The molecule has 0 aliphatic carbocycles. The summed E-state index contributed by atoms with van der Waals surface area (Å²) in [4.78, 5) is 0. The molecule has 0 spiro atoms. The fraction of sp³-hybridized carbons (Fsp3) is 0.500. The molecule has 0 atom stereocenters. The zero-order chi connectivity index (χ0) is 6.95. The molecular weight excluding hydrogens is 107 g/mol. The molecule has 0 nitrogen and oxygen atoms in total. The van der Waals surface area contributed by atoms with Crippen LogP contribution in [0.25, 0.3) is 0 Å². The molecule has 9 heavy (non-hydrogen) atoms. The van der Waals surface area contributed by atoms with Gasteiger partial charge in [0.05, 0.1) is 0 Å². The maximum atomic E-state index is 3.64. The van der Waals surface area contributed by atoms with E-state index in [1.54, 1.807) is 0 Å². The van der Waals surface area contributed by atoms with E-state index in [-0.39, 0.29) is 0 Å². The number of allylic oxidation sites excluding steroid dienone is 2. The Morgan fingerprint density at radius 3 is 2.56 bits per heavy atom. The lowest BCUT2D eigenvalue weighted by atomic mass is 9.70. The van der Waals surface area contributed by atoms with E-state index in [2.05, 4.69) is 20.4 Å². The molecule has 0 aliphatic rings. The van der Waals surface area contributed by atoms with Gasteiger partial charge in [-0.15, -0.1) is 13.2 Å². The number of unbranched alkanes of at least 4 members (excludes halogenated alkanes) is 1. The van der Waals surface area contributed by atoms with Crippen LogP contribution in [0.15, 0.2) is 25.3 Å². The Bertz CT molecular complexity index is 66.6. The second-order valence-electron chi connectivity index (χ2n) is 2.03. The summed E-state index contributed by atoms with van der Waals surface area (Å²) >= 11 is 0. The van der Waals surface area contributed by atoms with Gasteiger partial charge in [-0.3, -0.25) is 0 Å². The molecule has 1 heteroatoms. The Hall–Kier alpha value is -0.455. The third-order valence-corrected chi connectivity index (χ3v) is 1.15. The van der Waals surface area contributed by atoms with Crippen molar-refractivity contribution in [3.8, 4) is 0 Å². The minimum atomic E-state index is 1.04. The molecule has 0 aromatic carbocycles. The highest BCUT2D eigenvalue weighted by atomic mass is 13.8. The lowest BCUT2D eigenvalue weighted by Gasteiger charge is -1.90. The van der Waals surface area contributed by atoms with Crippen LogP contribution in [-0.4, -0.2) is 7.28 Å². The summed E-state index contributed by atoms with van der Waals surface area (Å²) in [5.41, 5.74) is 0. The molecule has 0 aromatic heterocycles. The molecular formula is C8H14B. The molecule has 0 aliphatic heterocycles. The first kappa shape index (κ1) is 8.54. The van der Waals surface area contributed by atoms with Crippen LogP contribution in [0.5, 0.6) is 0 Å². The quantitative estimate of drug-likeness (QED) is 0.288. The van der Waals surface area contributed by atoms with Crippen molar-refractivity contribution in [3.05, 3.63) is 25.3 Å². The molecule has 0 bridgehead atoms. The molecule has 0 heterocycles. The van der Waals surface area contributed by atoms with Crippen LogP contribution in [0.3, 0.4) is 0 Å². The first-order chi connectivity index (χ1) is 4.41. The Morgan fingerprint density at radius 2 is 2.00 bits per heavy atom. The van der Waals surface area contributed by atoms with E-state index in [4.69, 9.17) is 0 Å². The SMILES string of the molecule is C=CC[B]CCCC=C. The van der Waals surface area contributed by atoms with Gasteiger partial charge in [-0.1, -0.05) is 31.2 Å². The van der Waals surface area contributed by atoms with Crippen molar-refractivity contribution in [2.24, 2.45) is 0 Å². The van der Waals surface area contributed by atoms with Crippen molar-refractivity contribution >= 4 is 7.28 Å². The van der Waals surface area contributed by atoms with Crippen LogP contribution in [0.1, 0.15) is 12.8 Å². The van der Waals surface area contributed by atoms with Gasteiger partial charge in [-0.2, -0.15) is 0 Å². The summed E-state index contributed by atoms with van der Waals surface area (Å²) in [6.07, 6.45) is 8.48. The highest BCUT2D eigenvalue weighted by molar-refractivity contribution is 6.35. The minimum absolute atomic E-state index is 1.04. The Labute approximate surface area is 58.9 Å². The molecule has 0 amide bonds. The van der Waals surface area contributed by atoms with Gasteiger partial charge in [0.1, 0.15) is 7.28 Å². The van der Waals surface area contributed by atoms with Gasteiger partial charge in [0.15, 0.2) is 0 Å². The first-order valence-corrected chi connectivity index (χ1v) is 3.45. The van der Waals surface area contributed by atoms with Gasteiger partial charge in [0, 0.05) is 0 Å². The monoisotopic (exact) mass is 121 g/mol. The normalized spacial score (nSPS) is 8.44. The Balaban J connectivity index is 2.74. The highest BCUT2D eigenvalue weighted by Gasteiger charge is 1.85. The van der Waals surface area contributed by atoms with Gasteiger partial charge in [0.25, 0.3) is 0 Å². The van der Waals surface area contributed by atoms with Gasteiger partial charge in [0.2, 0.25) is 0 Å². The zero-order valence-corrected chi connectivity index (χ0v) is 5.97. The van der Waals surface area contributed by atoms with E-state index in [1.807, 2.05) is 12.2 Å². The third-order valence-electron chi connectivity index (χ3n) is 1.15. The molecule has 0 unspecified atom stereocenters. The van der Waals surface area contributed by atoms with Crippen LogP contribution >= 0.6 is 0 Å². The Kier molecular flexibility index (Phi) is 7.16. The standard InChI is InChI=1S/C8H14B/c1-3-5-6-8-9-7-4-2/h3-4H,1-2,5-8H2. The zero-order valence-electron chi connectivity index (χ0n) is 5.97. The molecule has 49 valence electrons. The predicted molar refractivity (Wildman–Crippen MR) is 45.0 cm³/mol. The van der Waals surface area contributed by atoms with Crippen molar-refractivity contribution in [2.45, 2.75) is 25.5 Å². The van der Waals surface area contributed by atoms with Crippen LogP contribution < -0.4 is 0 Å². The van der Waals surface area contributed by atoms with Crippen LogP contribution in [0.4, 0.5) is 0 Å². The second kappa shape index (κ2) is 7.54. The number of hydrogen-bond acceptors (Lipinski definition) is 0. The van der Waals surface area contributed by atoms with Crippen LogP contribution in [-0.2, 0) is 0 Å². The van der Waals surface area contributed by atoms with E-state index in [0.29, 0.717) is 0 Å². The molecule has 0 N–H and O–H groups in total. The molecule has 0 aromatic rings. The topological polar surface area (TPSA) is 0 Å². The summed E-state index contributed by atoms with van der Waals surface area (Å²) in [6, 6.07) is 0. The predicted octanol–water partition coefficient (Wildman–Crippen LogP) is 2.68. The van der Waals surface area contributed by atoms with E-state index < -0.39 is 0 Å². The van der Waals surface area contributed by atoms with Gasteiger partial charge >= 0.3 is 0 Å². The summed E-state index contributed by atoms with van der Waals surface area (Å²) in [7, 11) is 2.25. The second-order valence-corrected chi connectivity index (χ2v) is 2.03. The first-order valence-electron chi connectivity index (χ1n) is 3.45. The van der Waals surface area contributed by atoms with Gasteiger partial charge in [-0.05, 0) is 6.42 Å². The van der Waals surface area contributed by atoms with Crippen molar-refractivity contribution in [2.75, 3.05) is 0 Å². The average Bonchev–Trinajstić information content (AvgIpc) is 1.89. The number of rotatable bonds is 6. The molecule has 0 fully saturated rings. The van der Waals surface area contributed by atoms with Gasteiger partial charge < -0.3 is 0 Å². The Morgan fingerprint density at radius 1 is 1.22 bits per heavy atom. The molecule has 0 rings (SSSR count). The maximum absolute atomic E-state index is 3.64. The lowest BCUT2D eigenvalue weighted by molar-refractivity contribution is 0.951. The molecule has 0 saturated heterocycles. The van der Waals surface area contributed by atoms with Crippen molar-refractivity contribution in [3.63, 3.8) is 0 Å². The van der Waals surface area contributed by atoms with E-state index >= 15 is 0 Å². The van der Waals surface area contributed by atoms with Crippen LogP contribution in [0.2, 0.25) is 12.6 Å². The third kappa shape index (κ3) is 7.54. The van der Waals surface area contributed by atoms with Gasteiger partial charge in [-0.25, -0.2) is 0 Å². The van der Waals surface area contributed by atoms with Crippen molar-refractivity contribution in [1.82, 2.24) is 0 Å². The smallest absolute Gasteiger partial charge is 0.104 e. The minimum Gasteiger partial charge on any atom is -0.104 e. The summed E-state index contributed by atoms with van der Waals surface area (Å²) in [5.74, 6) is 0.